The summed E-state index contributed by atoms with van der Waals surface area (Å²) in [7, 11) is 0. The summed E-state index contributed by atoms with van der Waals surface area (Å²) in [6, 6.07) is 10.0. The number of halogens is 2. The van der Waals surface area contributed by atoms with Crippen molar-refractivity contribution >= 4 is 34.2 Å². The van der Waals surface area contributed by atoms with Crippen molar-refractivity contribution in [2.75, 3.05) is 0 Å². The molecule has 1 heterocycles. The Morgan fingerprint density at radius 3 is 2.65 bits per heavy atom. The van der Waals surface area contributed by atoms with Crippen molar-refractivity contribution in [3.05, 3.63) is 56.6 Å². The predicted octanol–water partition coefficient (Wildman–Crippen LogP) is 3.45. The zero-order valence-electron chi connectivity index (χ0n) is 8.94. The van der Waals surface area contributed by atoms with Crippen LogP contribution in [0.4, 0.5) is 0 Å². The molecule has 2 rings (SSSR count). The summed E-state index contributed by atoms with van der Waals surface area (Å²) in [6.07, 6.45) is 1.45. The van der Waals surface area contributed by atoms with Gasteiger partial charge < -0.3 is 4.74 Å². The predicted molar refractivity (Wildman–Crippen MR) is 74.7 cm³/mol. The molecular formula is C12H10ClIN2O. The van der Waals surface area contributed by atoms with E-state index in [0.29, 0.717) is 18.4 Å². The number of hydrogen-bond acceptors (Lipinski definition) is 3. The third-order valence-corrected chi connectivity index (χ3v) is 3.91. The first-order valence-corrected chi connectivity index (χ1v) is 6.49. The first kappa shape index (κ1) is 12.7. The van der Waals surface area contributed by atoms with Crippen molar-refractivity contribution in [3.63, 3.8) is 0 Å². The standard InChI is InChI=1S/C12H10ClIN2O/c13-12-11(14)10(15-8-16-12)7-17-6-9-4-2-1-3-5-9/h1-5,8H,6-7H2. The molecule has 0 aliphatic rings. The topological polar surface area (TPSA) is 35.0 Å². The normalized spacial score (nSPS) is 10.5. The van der Waals surface area contributed by atoms with Gasteiger partial charge in [-0.05, 0) is 28.2 Å². The van der Waals surface area contributed by atoms with Crippen LogP contribution >= 0.6 is 34.2 Å². The Balaban J connectivity index is 1.93. The van der Waals surface area contributed by atoms with Crippen molar-refractivity contribution in [1.82, 2.24) is 9.97 Å². The number of aromatic nitrogens is 2. The monoisotopic (exact) mass is 360 g/mol. The minimum absolute atomic E-state index is 0.440. The number of ether oxygens (including phenoxy) is 1. The van der Waals surface area contributed by atoms with E-state index in [0.717, 1.165) is 14.8 Å². The Morgan fingerprint density at radius 2 is 1.88 bits per heavy atom. The fourth-order valence-corrected chi connectivity index (χ4v) is 1.91. The second-order valence-corrected chi connectivity index (χ2v) is 4.84. The van der Waals surface area contributed by atoms with Gasteiger partial charge >= 0.3 is 0 Å². The van der Waals surface area contributed by atoms with Crippen molar-refractivity contribution in [1.29, 1.82) is 0 Å². The van der Waals surface area contributed by atoms with Gasteiger partial charge in [0.15, 0.2) is 0 Å². The molecule has 1 aromatic carbocycles. The lowest BCUT2D eigenvalue weighted by Crippen LogP contribution is -2.00. The summed E-state index contributed by atoms with van der Waals surface area (Å²) < 4.78 is 6.43. The van der Waals surface area contributed by atoms with Crippen LogP contribution < -0.4 is 0 Å². The molecule has 0 amide bonds. The lowest BCUT2D eigenvalue weighted by molar-refractivity contribution is 0.104. The maximum absolute atomic E-state index is 5.90. The number of nitrogens with zero attached hydrogens (tertiary/aromatic N) is 2. The van der Waals surface area contributed by atoms with Gasteiger partial charge in [0.2, 0.25) is 0 Å². The van der Waals surface area contributed by atoms with Crippen LogP contribution in [0.3, 0.4) is 0 Å². The van der Waals surface area contributed by atoms with E-state index in [1.54, 1.807) is 0 Å². The van der Waals surface area contributed by atoms with Crippen molar-refractivity contribution in [2.45, 2.75) is 13.2 Å². The second kappa shape index (κ2) is 6.28. The Kier molecular flexibility index (Phi) is 4.70. The minimum atomic E-state index is 0.440. The smallest absolute Gasteiger partial charge is 0.146 e. The molecule has 0 spiro atoms. The van der Waals surface area contributed by atoms with Crippen molar-refractivity contribution in [3.8, 4) is 0 Å². The molecule has 0 fully saturated rings. The second-order valence-electron chi connectivity index (χ2n) is 3.40. The minimum Gasteiger partial charge on any atom is -0.370 e. The largest absolute Gasteiger partial charge is 0.370 e. The Morgan fingerprint density at radius 1 is 1.12 bits per heavy atom. The summed E-state index contributed by atoms with van der Waals surface area (Å²) in [5.74, 6) is 0. The van der Waals surface area contributed by atoms with Gasteiger partial charge in [0.1, 0.15) is 11.5 Å². The fourth-order valence-electron chi connectivity index (χ4n) is 1.32. The molecule has 0 bridgehead atoms. The highest BCUT2D eigenvalue weighted by Crippen LogP contribution is 2.18. The van der Waals surface area contributed by atoms with Crippen LogP contribution in [0.5, 0.6) is 0 Å². The van der Waals surface area contributed by atoms with Crippen LogP contribution in [0.15, 0.2) is 36.7 Å². The van der Waals surface area contributed by atoms with E-state index in [1.807, 2.05) is 30.3 Å². The maximum Gasteiger partial charge on any atom is 0.146 e. The van der Waals surface area contributed by atoms with Crippen molar-refractivity contribution in [2.24, 2.45) is 0 Å². The Bertz CT molecular complexity index is 493. The maximum atomic E-state index is 5.90. The van der Waals surface area contributed by atoms with E-state index in [2.05, 4.69) is 32.6 Å². The molecule has 2 aromatic rings. The van der Waals surface area contributed by atoms with Gasteiger partial charge in [-0.1, -0.05) is 41.9 Å². The Hall–Kier alpha value is -0.720. The number of benzene rings is 1. The van der Waals surface area contributed by atoms with Gasteiger partial charge in [0.25, 0.3) is 0 Å². The molecule has 0 atom stereocenters. The summed E-state index contributed by atoms with van der Waals surface area (Å²) in [6.45, 7) is 1.01. The quantitative estimate of drug-likeness (QED) is 0.619. The van der Waals surface area contributed by atoms with Crippen LogP contribution in [-0.4, -0.2) is 9.97 Å². The molecule has 0 N–H and O–H groups in total. The van der Waals surface area contributed by atoms with Crippen LogP contribution in [0.1, 0.15) is 11.3 Å². The van der Waals surface area contributed by atoms with Gasteiger partial charge in [0.05, 0.1) is 22.5 Å². The lowest BCUT2D eigenvalue weighted by Gasteiger charge is -2.06. The molecule has 0 radical (unpaired) electrons. The van der Waals surface area contributed by atoms with Crippen LogP contribution in [0.25, 0.3) is 0 Å². The molecule has 88 valence electrons. The first-order valence-electron chi connectivity index (χ1n) is 5.04. The highest BCUT2D eigenvalue weighted by molar-refractivity contribution is 14.1. The first-order chi connectivity index (χ1) is 8.27. The zero-order valence-corrected chi connectivity index (χ0v) is 11.9. The van der Waals surface area contributed by atoms with E-state index in [1.165, 1.54) is 6.33 Å². The van der Waals surface area contributed by atoms with Crippen LogP contribution in [-0.2, 0) is 18.0 Å². The van der Waals surface area contributed by atoms with Gasteiger partial charge in [0, 0.05) is 0 Å². The summed E-state index contributed by atoms with van der Waals surface area (Å²) in [4.78, 5) is 8.04. The zero-order chi connectivity index (χ0) is 12.1. The van der Waals surface area contributed by atoms with Gasteiger partial charge in [-0.25, -0.2) is 9.97 Å². The number of rotatable bonds is 4. The summed E-state index contributed by atoms with van der Waals surface area (Å²) >= 11 is 8.02. The third-order valence-electron chi connectivity index (χ3n) is 2.17. The van der Waals surface area contributed by atoms with E-state index in [9.17, 15) is 0 Å². The van der Waals surface area contributed by atoms with E-state index in [-0.39, 0.29) is 0 Å². The van der Waals surface area contributed by atoms with Gasteiger partial charge in [-0.3, -0.25) is 0 Å². The highest BCUT2D eigenvalue weighted by Gasteiger charge is 2.06. The fraction of sp³-hybridized carbons (Fsp3) is 0.167. The molecule has 0 unspecified atom stereocenters. The average molecular weight is 361 g/mol. The molecule has 1 aromatic heterocycles. The third kappa shape index (κ3) is 3.62. The molecule has 0 aliphatic carbocycles. The van der Waals surface area contributed by atoms with Crippen LogP contribution in [0, 0.1) is 3.57 Å². The molecular weight excluding hydrogens is 351 g/mol. The van der Waals surface area contributed by atoms with E-state index in [4.69, 9.17) is 16.3 Å². The summed E-state index contributed by atoms with van der Waals surface area (Å²) in [5.41, 5.74) is 1.96. The molecule has 5 heteroatoms. The molecule has 3 nitrogen and oxygen atoms in total. The molecule has 0 saturated carbocycles. The molecule has 0 saturated heterocycles. The lowest BCUT2D eigenvalue weighted by atomic mass is 10.2. The van der Waals surface area contributed by atoms with Gasteiger partial charge in [-0.15, -0.1) is 0 Å². The van der Waals surface area contributed by atoms with Crippen molar-refractivity contribution < 1.29 is 4.74 Å². The average Bonchev–Trinajstić information content (AvgIpc) is 2.36. The van der Waals surface area contributed by atoms with E-state index < -0.39 is 0 Å². The number of hydrogen-bond donors (Lipinski definition) is 0. The Labute approximate surface area is 118 Å². The summed E-state index contributed by atoms with van der Waals surface area (Å²) in [5, 5.41) is 0.471. The van der Waals surface area contributed by atoms with E-state index >= 15 is 0 Å². The molecule has 0 aliphatic heterocycles. The molecule has 17 heavy (non-hydrogen) atoms. The SMILES string of the molecule is Clc1ncnc(COCc2ccccc2)c1I. The highest BCUT2D eigenvalue weighted by atomic mass is 127. The van der Waals surface area contributed by atoms with Gasteiger partial charge in [-0.2, -0.15) is 0 Å². The van der Waals surface area contributed by atoms with Crippen LogP contribution in [0.2, 0.25) is 5.15 Å².